The number of carbonyl (C=O) groups is 1. The van der Waals surface area contributed by atoms with E-state index in [2.05, 4.69) is 14.9 Å². The Balaban J connectivity index is 1.91. The number of nitrogen functional groups attached to an aromatic ring is 1. The average molecular weight is 293 g/mol. The number of rotatable bonds is 3. The first-order chi connectivity index (χ1) is 10.7. The lowest BCUT2D eigenvalue weighted by atomic mass is 10.1. The monoisotopic (exact) mass is 293 g/mol. The van der Waals surface area contributed by atoms with Gasteiger partial charge in [-0.1, -0.05) is 30.3 Å². The second-order valence-corrected chi connectivity index (χ2v) is 4.82. The first kappa shape index (κ1) is 13.9. The van der Waals surface area contributed by atoms with Gasteiger partial charge in [0.15, 0.2) is 0 Å². The van der Waals surface area contributed by atoms with Gasteiger partial charge in [0, 0.05) is 11.1 Å². The smallest absolute Gasteiger partial charge is 0.337 e. The minimum absolute atomic E-state index is 0.402. The van der Waals surface area contributed by atoms with Gasteiger partial charge < -0.3 is 10.5 Å². The maximum absolute atomic E-state index is 11.5. The number of esters is 1. The molecule has 0 radical (unpaired) electrons. The number of methoxy groups -OCH3 is 1. The molecule has 3 N–H and O–H groups in total. The third-order valence-corrected chi connectivity index (χ3v) is 3.43. The molecule has 5 nitrogen and oxygen atoms in total. The van der Waals surface area contributed by atoms with E-state index in [9.17, 15) is 4.79 Å². The van der Waals surface area contributed by atoms with Gasteiger partial charge in [0.1, 0.15) is 0 Å². The molecule has 3 rings (SSSR count). The fourth-order valence-corrected chi connectivity index (χ4v) is 2.25. The average Bonchev–Trinajstić information content (AvgIpc) is 2.96. The third kappa shape index (κ3) is 2.56. The molecule has 22 heavy (non-hydrogen) atoms. The number of fused-ring (bicyclic) bond motifs is 1. The molecule has 110 valence electrons. The largest absolute Gasteiger partial charge is 0.465 e. The number of para-hydroxylation sites is 1. The van der Waals surface area contributed by atoms with Crippen LogP contribution in [0.3, 0.4) is 0 Å². The number of benzene rings is 2. The Morgan fingerprint density at radius 2 is 2.05 bits per heavy atom. The highest BCUT2D eigenvalue weighted by Gasteiger charge is 2.07. The highest BCUT2D eigenvalue weighted by molar-refractivity contribution is 5.93. The van der Waals surface area contributed by atoms with Crippen molar-refractivity contribution in [2.45, 2.75) is 0 Å². The Morgan fingerprint density at radius 3 is 2.82 bits per heavy atom. The number of nitrogens with zero attached hydrogens (tertiary/aromatic N) is 1. The fourth-order valence-electron chi connectivity index (χ4n) is 2.25. The van der Waals surface area contributed by atoms with Gasteiger partial charge in [0.05, 0.1) is 23.9 Å². The van der Waals surface area contributed by atoms with Crippen molar-refractivity contribution < 1.29 is 9.53 Å². The molecule has 0 spiro atoms. The quantitative estimate of drug-likeness (QED) is 0.574. The van der Waals surface area contributed by atoms with Crippen molar-refractivity contribution in [1.82, 2.24) is 10.2 Å². The molecule has 0 saturated carbocycles. The van der Waals surface area contributed by atoms with E-state index in [4.69, 9.17) is 5.73 Å². The molecule has 1 aromatic heterocycles. The number of aromatic nitrogens is 2. The Bertz CT molecular complexity index is 865. The van der Waals surface area contributed by atoms with Crippen LogP contribution in [-0.2, 0) is 4.74 Å². The maximum Gasteiger partial charge on any atom is 0.337 e. The van der Waals surface area contributed by atoms with Crippen LogP contribution in [0.1, 0.15) is 21.6 Å². The van der Waals surface area contributed by atoms with Crippen LogP contribution in [0.2, 0.25) is 0 Å². The number of anilines is 1. The van der Waals surface area contributed by atoms with Crippen LogP contribution in [0, 0.1) is 0 Å². The summed E-state index contributed by atoms with van der Waals surface area (Å²) >= 11 is 0. The van der Waals surface area contributed by atoms with Crippen molar-refractivity contribution in [3.8, 4) is 0 Å². The molecule has 0 fully saturated rings. The fraction of sp³-hybridized carbons (Fsp3) is 0.0588. The van der Waals surface area contributed by atoms with Gasteiger partial charge in [-0.3, -0.25) is 5.10 Å². The number of aromatic amines is 1. The molecular weight excluding hydrogens is 278 g/mol. The van der Waals surface area contributed by atoms with Gasteiger partial charge in [0.2, 0.25) is 0 Å². The van der Waals surface area contributed by atoms with E-state index in [-0.39, 0.29) is 0 Å². The first-order valence-electron chi connectivity index (χ1n) is 6.78. The van der Waals surface area contributed by atoms with Crippen LogP contribution in [-0.4, -0.2) is 23.3 Å². The molecule has 0 bridgehead atoms. The van der Waals surface area contributed by atoms with Crippen molar-refractivity contribution in [3.63, 3.8) is 0 Å². The second kappa shape index (κ2) is 5.73. The zero-order chi connectivity index (χ0) is 15.5. The van der Waals surface area contributed by atoms with Crippen LogP contribution in [0.4, 0.5) is 5.69 Å². The molecule has 0 aliphatic heterocycles. The summed E-state index contributed by atoms with van der Waals surface area (Å²) in [5.41, 5.74) is 9.57. The number of hydrogen-bond acceptors (Lipinski definition) is 4. The van der Waals surface area contributed by atoms with Crippen molar-refractivity contribution in [3.05, 3.63) is 59.3 Å². The summed E-state index contributed by atoms with van der Waals surface area (Å²) in [6.45, 7) is 0. The summed E-state index contributed by atoms with van der Waals surface area (Å²) in [5.74, 6) is -0.402. The van der Waals surface area contributed by atoms with Crippen LogP contribution < -0.4 is 5.73 Å². The van der Waals surface area contributed by atoms with E-state index in [0.29, 0.717) is 11.3 Å². The minimum atomic E-state index is -0.402. The molecule has 0 saturated heterocycles. The predicted molar refractivity (Wildman–Crippen MR) is 87.2 cm³/mol. The lowest BCUT2D eigenvalue weighted by molar-refractivity contribution is 0.0601. The van der Waals surface area contributed by atoms with E-state index < -0.39 is 5.97 Å². The molecule has 0 atom stereocenters. The number of carbonyl (C=O) groups excluding carboxylic acids is 1. The molecule has 0 aliphatic carbocycles. The predicted octanol–water partition coefficient (Wildman–Crippen LogP) is 3.10. The summed E-state index contributed by atoms with van der Waals surface area (Å²) in [6, 6.07) is 13.0. The minimum Gasteiger partial charge on any atom is -0.465 e. The summed E-state index contributed by atoms with van der Waals surface area (Å²) in [4.78, 5) is 11.5. The maximum atomic E-state index is 11.5. The SMILES string of the molecule is COC(=O)c1ccc(/C=C/c2n[nH]c3ccccc23)c(N)c1. The molecule has 0 unspecified atom stereocenters. The Hall–Kier alpha value is -3.08. The summed E-state index contributed by atoms with van der Waals surface area (Å²) in [5, 5.41) is 8.29. The van der Waals surface area contributed by atoms with E-state index in [1.54, 1.807) is 18.2 Å². The molecule has 0 amide bonds. The van der Waals surface area contributed by atoms with Crippen molar-refractivity contribution in [1.29, 1.82) is 0 Å². The Kier molecular flexibility index (Phi) is 3.62. The van der Waals surface area contributed by atoms with E-state index in [1.807, 2.05) is 36.4 Å². The van der Waals surface area contributed by atoms with E-state index in [0.717, 1.165) is 22.2 Å². The molecule has 2 aromatic carbocycles. The van der Waals surface area contributed by atoms with Gasteiger partial charge in [0.25, 0.3) is 0 Å². The van der Waals surface area contributed by atoms with Crippen LogP contribution >= 0.6 is 0 Å². The first-order valence-corrected chi connectivity index (χ1v) is 6.78. The van der Waals surface area contributed by atoms with Gasteiger partial charge in [-0.15, -0.1) is 0 Å². The highest BCUT2D eigenvalue weighted by Crippen LogP contribution is 2.20. The molecule has 1 heterocycles. The Morgan fingerprint density at radius 1 is 1.23 bits per heavy atom. The van der Waals surface area contributed by atoms with Crippen molar-refractivity contribution in [2.24, 2.45) is 0 Å². The van der Waals surface area contributed by atoms with E-state index in [1.165, 1.54) is 7.11 Å². The summed E-state index contributed by atoms with van der Waals surface area (Å²) in [7, 11) is 1.34. The number of ether oxygens (including phenoxy) is 1. The standard InChI is InChI=1S/C17H15N3O2/c1-22-17(21)12-7-6-11(14(18)10-12)8-9-16-13-4-2-3-5-15(13)19-20-16/h2-10H,18H2,1H3,(H,19,20)/b9-8+. The van der Waals surface area contributed by atoms with Crippen molar-refractivity contribution in [2.75, 3.05) is 12.8 Å². The summed E-state index contributed by atoms with van der Waals surface area (Å²) < 4.78 is 4.67. The lowest BCUT2D eigenvalue weighted by Crippen LogP contribution is -2.02. The second-order valence-electron chi connectivity index (χ2n) is 4.82. The molecular formula is C17H15N3O2. The van der Waals surface area contributed by atoms with Crippen molar-refractivity contribution >= 4 is 34.7 Å². The number of hydrogen-bond donors (Lipinski definition) is 2. The van der Waals surface area contributed by atoms with Crippen LogP contribution in [0.15, 0.2) is 42.5 Å². The zero-order valence-electron chi connectivity index (χ0n) is 12.0. The molecule has 0 aliphatic rings. The van der Waals surface area contributed by atoms with Crippen LogP contribution in [0.25, 0.3) is 23.1 Å². The number of nitrogens with one attached hydrogen (secondary N) is 1. The summed E-state index contributed by atoms with van der Waals surface area (Å²) in [6.07, 6.45) is 3.77. The van der Waals surface area contributed by atoms with Gasteiger partial charge in [-0.25, -0.2) is 4.79 Å². The highest BCUT2D eigenvalue weighted by atomic mass is 16.5. The van der Waals surface area contributed by atoms with Gasteiger partial charge >= 0.3 is 5.97 Å². The Labute approximate surface area is 127 Å². The number of nitrogens with two attached hydrogens (primary N) is 1. The van der Waals surface area contributed by atoms with E-state index >= 15 is 0 Å². The zero-order valence-corrected chi connectivity index (χ0v) is 12.0. The third-order valence-electron chi connectivity index (χ3n) is 3.43. The topological polar surface area (TPSA) is 81.0 Å². The number of H-pyrrole nitrogens is 1. The van der Waals surface area contributed by atoms with Gasteiger partial charge in [-0.2, -0.15) is 5.10 Å². The lowest BCUT2D eigenvalue weighted by Gasteiger charge is -2.03. The van der Waals surface area contributed by atoms with Gasteiger partial charge in [-0.05, 0) is 29.8 Å². The van der Waals surface area contributed by atoms with Crippen LogP contribution in [0.5, 0.6) is 0 Å². The normalized spacial score (nSPS) is 11.1. The molecule has 5 heteroatoms. The molecule has 3 aromatic rings.